The van der Waals surface area contributed by atoms with Gasteiger partial charge in [0.2, 0.25) is 11.8 Å². The van der Waals surface area contributed by atoms with Crippen LogP contribution in [0.5, 0.6) is 0 Å². The summed E-state index contributed by atoms with van der Waals surface area (Å²) in [5.74, 6) is -1.24. The van der Waals surface area contributed by atoms with Gasteiger partial charge >= 0.3 is 0 Å². The smallest absolute Gasteiger partial charge is 0.220 e. The summed E-state index contributed by atoms with van der Waals surface area (Å²) >= 11 is 0. The van der Waals surface area contributed by atoms with E-state index in [2.05, 4.69) is 0 Å². The number of hydrogen-bond acceptors (Lipinski definition) is 2. The maximum absolute atomic E-state index is 10.8. The van der Waals surface area contributed by atoms with Gasteiger partial charge in [-0.15, -0.1) is 0 Å². The normalized spacial score (nSPS) is 15.2. The second-order valence-corrected chi connectivity index (χ2v) is 3.05. The fourth-order valence-electron chi connectivity index (χ4n) is 1.03. The summed E-state index contributed by atoms with van der Waals surface area (Å²) in [6.07, 6.45) is 1.12. The quantitative estimate of drug-likeness (QED) is 0.612. The second kappa shape index (κ2) is 4.74. The van der Waals surface area contributed by atoms with Crippen LogP contribution in [0.15, 0.2) is 0 Å². The number of rotatable bonds is 5. The lowest BCUT2D eigenvalue weighted by Crippen LogP contribution is -2.29. The Morgan fingerprint density at radius 2 is 1.75 bits per heavy atom. The van der Waals surface area contributed by atoms with Crippen LogP contribution in [0.2, 0.25) is 0 Å². The number of carbonyl (C=O) groups excluding carboxylic acids is 2. The van der Waals surface area contributed by atoms with Gasteiger partial charge in [-0.1, -0.05) is 13.8 Å². The molecule has 0 rings (SSSR count). The molecule has 0 radical (unpaired) electrons. The molecular weight excluding hydrogens is 156 g/mol. The standard InChI is InChI=1S/C8H16N2O2/c1-3-6(8(10)12)4-5(2)7(9)11/h5-6H,3-4H2,1-2H3,(H2,9,11)(H2,10,12). The van der Waals surface area contributed by atoms with Crippen molar-refractivity contribution >= 4 is 11.8 Å². The van der Waals surface area contributed by atoms with Crippen molar-refractivity contribution in [1.29, 1.82) is 0 Å². The first-order chi connectivity index (χ1) is 5.49. The molecule has 0 aliphatic rings. The SMILES string of the molecule is CCC(CC(C)C(N)=O)C(N)=O. The van der Waals surface area contributed by atoms with Gasteiger partial charge in [0.1, 0.15) is 0 Å². The molecule has 4 heteroatoms. The number of amides is 2. The van der Waals surface area contributed by atoms with Crippen molar-refractivity contribution in [3.05, 3.63) is 0 Å². The van der Waals surface area contributed by atoms with Crippen molar-refractivity contribution in [3.8, 4) is 0 Å². The number of carbonyl (C=O) groups is 2. The molecule has 0 spiro atoms. The van der Waals surface area contributed by atoms with Gasteiger partial charge in [-0.3, -0.25) is 9.59 Å². The van der Waals surface area contributed by atoms with Gasteiger partial charge in [0.05, 0.1) is 0 Å². The van der Waals surface area contributed by atoms with E-state index in [0.717, 1.165) is 0 Å². The summed E-state index contributed by atoms with van der Waals surface area (Å²) < 4.78 is 0. The summed E-state index contributed by atoms with van der Waals surface area (Å²) in [7, 11) is 0. The first-order valence-electron chi connectivity index (χ1n) is 4.07. The Balaban J connectivity index is 4.02. The molecule has 0 aromatic heterocycles. The molecule has 4 N–H and O–H groups in total. The van der Waals surface area contributed by atoms with Crippen LogP contribution >= 0.6 is 0 Å². The summed E-state index contributed by atoms with van der Waals surface area (Å²) in [4.78, 5) is 21.4. The monoisotopic (exact) mass is 172 g/mol. The third-order valence-corrected chi connectivity index (χ3v) is 2.02. The Morgan fingerprint density at radius 3 is 2.00 bits per heavy atom. The maximum Gasteiger partial charge on any atom is 0.220 e. The van der Waals surface area contributed by atoms with Crippen LogP contribution in [0, 0.1) is 11.8 Å². The zero-order valence-corrected chi connectivity index (χ0v) is 7.54. The Hall–Kier alpha value is -1.06. The van der Waals surface area contributed by atoms with Crippen LogP contribution in [0.3, 0.4) is 0 Å². The molecule has 0 aromatic rings. The second-order valence-electron chi connectivity index (χ2n) is 3.05. The number of nitrogens with two attached hydrogens (primary N) is 2. The lowest BCUT2D eigenvalue weighted by molar-refractivity contribution is -0.124. The van der Waals surface area contributed by atoms with Crippen LogP contribution < -0.4 is 11.5 Å². The molecule has 0 fully saturated rings. The minimum atomic E-state index is -0.380. The van der Waals surface area contributed by atoms with Crippen LogP contribution in [-0.2, 0) is 9.59 Å². The fourth-order valence-corrected chi connectivity index (χ4v) is 1.03. The van der Waals surface area contributed by atoms with E-state index in [-0.39, 0.29) is 23.7 Å². The summed E-state index contributed by atoms with van der Waals surface area (Å²) in [5.41, 5.74) is 10.2. The molecule has 0 saturated heterocycles. The van der Waals surface area contributed by atoms with E-state index in [1.807, 2.05) is 6.92 Å². The Labute approximate surface area is 72.3 Å². The fraction of sp³-hybridized carbons (Fsp3) is 0.750. The lowest BCUT2D eigenvalue weighted by Gasteiger charge is -2.13. The highest BCUT2D eigenvalue weighted by molar-refractivity contribution is 5.79. The van der Waals surface area contributed by atoms with E-state index < -0.39 is 0 Å². The Kier molecular flexibility index (Phi) is 4.33. The van der Waals surface area contributed by atoms with Gasteiger partial charge < -0.3 is 11.5 Å². The molecular formula is C8H16N2O2. The van der Waals surface area contributed by atoms with Crippen molar-refractivity contribution in [2.75, 3.05) is 0 Å². The van der Waals surface area contributed by atoms with Crippen molar-refractivity contribution in [2.24, 2.45) is 23.3 Å². The zero-order valence-electron chi connectivity index (χ0n) is 7.54. The van der Waals surface area contributed by atoms with Gasteiger partial charge in [0.25, 0.3) is 0 Å². The van der Waals surface area contributed by atoms with E-state index in [1.54, 1.807) is 6.92 Å². The molecule has 2 unspecified atom stereocenters. The summed E-state index contributed by atoms with van der Waals surface area (Å²) in [5, 5.41) is 0. The zero-order chi connectivity index (χ0) is 9.72. The van der Waals surface area contributed by atoms with Crippen molar-refractivity contribution in [1.82, 2.24) is 0 Å². The Morgan fingerprint density at radius 1 is 1.25 bits per heavy atom. The molecule has 2 atom stereocenters. The minimum absolute atomic E-state index is 0.229. The minimum Gasteiger partial charge on any atom is -0.369 e. The summed E-state index contributed by atoms with van der Waals surface area (Å²) in [6.45, 7) is 3.57. The molecule has 0 aromatic carbocycles. The Bertz CT molecular complexity index is 180. The van der Waals surface area contributed by atoms with Crippen molar-refractivity contribution in [3.63, 3.8) is 0 Å². The first kappa shape index (κ1) is 10.9. The molecule has 0 aliphatic carbocycles. The number of hydrogen-bond donors (Lipinski definition) is 2. The molecule has 12 heavy (non-hydrogen) atoms. The van der Waals surface area contributed by atoms with Crippen LogP contribution in [0.25, 0.3) is 0 Å². The molecule has 4 nitrogen and oxygen atoms in total. The highest BCUT2D eigenvalue weighted by atomic mass is 16.1. The van der Waals surface area contributed by atoms with Gasteiger partial charge in [-0.05, 0) is 12.8 Å². The molecule has 2 amide bonds. The van der Waals surface area contributed by atoms with Gasteiger partial charge in [0.15, 0.2) is 0 Å². The van der Waals surface area contributed by atoms with Crippen molar-refractivity contribution < 1.29 is 9.59 Å². The topological polar surface area (TPSA) is 86.2 Å². The maximum atomic E-state index is 10.8. The van der Waals surface area contributed by atoms with Crippen LogP contribution in [0.1, 0.15) is 26.7 Å². The van der Waals surface area contributed by atoms with Crippen molar-refractivity contribution in [2.45, 2.75) is 26.7 Å². The van der Waals surface area contributed by atoms with Gasteiger partial charge in [-0.25, -0.2) is 0 Å². The average molecular weight is 172 g/mol. The van der Waals surface area contributed by atoms with Gasteiger partial charge in [0, 0.05) is 11.8 Å². The van der Waals surface area contributed by atoms with E-state index in [0.29, 0.717) is 12.8 Å². The van der Waals surface area contributed by atoms with E-state index in [4.69, 9.17) is 11.5 Å². The largest absolute Gasteiger partial charge is 0.369 e. The predicted octanol–water partition coefficient (Wildman–Crippen LogP) is 0.00940. The molecule has 0 heterocycles. The van der Waals surface area contributed by atoms with E-state index in [1.165, 1.54) is 0 Å². The van der Waals surface area contributed by atoms with Crippen LogP contribution in [0.4, 0.5) is 0 Å². The summed E-state index contributed by atoms with van der Waals surface area (Å²) in [6, 6.07) is 0. The molecule has 70 valence electrons. The third kappa shape index (κ3) is 3.37. The van der Waals surface area contributed by atoms with Crippen LogP contribution in [-0.4, -0.2) is 11.8 Å². The van der Waals surface area contributed by atoms with E-state index >= 15 is 0 Å². The van der Waals surface area contributed by atoms with E-state index in [9.17, 15) is 9.59 Å². The predicted molar refractivity (Wildman–Crippen MR) is 46.0 cm³/mol. The highest BCUT2D eigenvalue weighted by Gasteiger charge is 2.19. The molecule has 0 bridgehead atoms. The molecule has 0 saturated carbocycles. The third-order valence-electron chi connectivity index (χ3n) is 2.02. The first-order valence-corrected chi connectivity index (χ1v) is 4.07. The molecule has 0 aliphatic heterocycles. The van der Waals surface area contributed by atoms with Gasteiger partial charge in [-0.2, -0.15) is 0 Å². The average Bonchev–Trinajstić information content (AvgIpc) is 1.98. The number of primary amides is 2. The lowest BCUT2D eigenvalue weighted by atomic mass is 9.93. The highest BCUT2D eigenvalue weighted by Crippen LogP contribution is 2.14.